The van der Waals surface area contributed by atoms with Gasteiger partial charge in [-0.25, -0.2) is 0 Å². The molecule has 0 aliphatic carbocycles. The lowest BCUT2D eigenvalue weighted by atomic mass is 10.1. The van der Waals surface area contributed by atoms with Gasteiger partial charge >= 0.3 is 0 Å². The summed E-state index contributed by atoms with van der Waals surface area (Å²) >= 11 is 1.74. The molecule has 0 aliphatic heterocycles. The van der Waals surface area contributed by atoms with E-state index in [1.165, 1.54) is 16.7 Å². The largest absolute Gasteiger partial charge is 0.399 e. The zero-order chi connectivity index (χ0) is 14.5. The first-order valence-corrected chi connectivity index (χ1v) is 7.88. The Bertz CT molecular complexity index is 563. The van der Waals surface area contributed by atoms with E-state index < -0.39 is 6.10 Å². The Labute approximate surface area is 125 Å². The van der Waals surface area contributed by atoms with Gasteiger partial charge in [0, 0.05) is 17.2 Å². The van der Waals surface area contributed by atoms with Crippen molar-refractivity contribution in [2.75, 3.05) is 11.5 Å². The average Bonchev–Trinajstić information content (AvgIpc) is 2.37. The van der Waals surface area contributed by atoms with Crippen LogP contribution in [0.2, 0.25) is 0 Å². The molecule has 0 saturated heterocycles. The van der Waals surface area contributed by atoms with Crippen molar-refractivity contribution in [3.05, 3.63) is 64.7 Å². The zero-order valence-corrected chi connectivity index (χ0v) is 12.8. The first kappa shape index (κ1) is 14.9. The summed E-state index contributed by atoms with van der Waals surface area (Å²) in [5.74, 6) is 1.60. The highest BCUT2D eigenvalue weighted by Gasteiger charge is 2.08. The second kappa shape index (κ2) is 6.82. The zero-order valence-electron chi connectivity index (χ0n) is 12.0. The summed E-state index contributed by atoms with van der Waals surface area (Å²) in [6, 6.07) is 14.0. The maximum Gasteiger partial charge on any atom is 0.0881 e. The van der Waals surface area contributed by atoms with Crippen molar-refractivity contribution in [3.8, 4) is 0 Å². The number of benzene rings is 2. The van der Waals surface area contributed by atoms with Crippen molar-refractivity contribution >= 4 is 17.4 Å². The minimum absolute atomic E-state index is 0.464. The van der Waals surface area contributed by atoms with Gasteiger partial charge in [-0.05, 0) is 37.1 Å². The third-order valence-electron chi connectivity index (χ3n) is 3.12. The summed E-state index contributed by atoms with van der Waals surface area (Å²) in [5, 5.41) is 10.2. The van der Waals surface area contributed by atoms with E-state index >= 15 is 0 Å². The molecule has 0 aromatic heterocycles. The fourth-order valence-corrected chi connectivity index (χ4v) is 3.24. The van der Waals surface area contributed by atoms with Crippen molar-refractivity contribution in [2.24, 2.45) is 0 Å². The van der Waals surface area contributed by atoms with Gasteiger partial charge in [0.25, 0.3) is 0 Å². The van der Waals surface area contributed by atoms with Crippen LogP contribution in [0.15, 0.2) is 42.5 Å². The molecule has 0 spiro atoms. The topological polar surface area (TPSA) is 46.2 Å². The minimum atomic E-state index is -0.464. The number of nitrogen functional groups attached to an aromatic ring is 1. The quantitative estimate of drug-likeness (QED) is 0.821. The molecule has 0 radical (unpaired) electrons. The van der Waals surface area contributed by atoms with E-state index in [9.17, 15) is 5.11 Å². The fraction of sp³-hybridized carbons (Fsp3) is 0.294. The minimum Gasteiger partial charge on any atom is -0.399 e. The Hall–Kier alpha value is -1.45. The molecule has 3 N–H and O–H groups in total. The Morgan fingerprint density at radius 2 is 1.80 bits per heavy atom. The molecule has 0 bridgehead atoms. The van der Waals surface area contributed by atoms with Crippen molar-refractivity contribution in [2.45, 2.75) is 25.7 Å². The van der Waals surface area contributed by atoms with Gasteiger partial charge in [-0.2, -0.15) is 11.8 Å². The van der Waals surface area contributed by atoms with E-state index in [1.807, 2.05) is 24.3 Å². The van der Waals surface area contributed by atoms with Gasteiger partial charge in [0.1, 0.15) is 0 Å². The van der Waals surface area contributed by atoms with Crippen LogP contribution < -0.4 is 5.73 Å². The first-order valence-electron chi connectivity index (χ1n) is 6.73. The maximum absolute atomic E-state index is 10.2. The molecule has 0 aliphatic rings. The monoisotopic (exact) mass is 287 g/mol. The molecule has 0 fully saturated rings. The standard InChI is InChI=1S/C17H21NOS/c1-12-6-13(2)8-14(7-12)10-20-11-17(19)15-4-3-5-16(18)9-15/h3-9,17,19H,10-11,18H2,1-2H3. The van der Waals surface area contributed by atoms with Gasteiger partial charge in [0.05, 0.1) is 6.10 Å². The van der Waals surface area contributed by atoms with Crippen LogP contribution in [-0.2, 0) is 5.75 Å². The molecule has 1 unspecified atom stereocenters. The second-order valence-electron chi connectivity index (χ2n) is 5.20. The molecule has 106 valence electrons. The van der Waals surface area contributed by atoms with Crippen LogP contribution in [0.3, 0.4) is 0 Å². The maximum atomic E-state index is 10.2. The summed E-state index contributed by atoms with van der Waals surface area (Å²) in [7, 11) is 0. The number of aryl methyl sites for hydroxylation is 2. The molecule has 0 amide bonds. The molecule has 1 atom stereocenters. The van der Waals surface area contributed by atoms with Gasteiger partial charge < -0.3 is 10.8 Å². The van der Waals surface area contributed by atoms with Crippen LogP contribution in [0.5, 0.6) is 0 Å². The van der Waals surface area contributed by atoms with E-state index in [0.717, 1.165) is 11.3 Å². The molecule has 0 saturated carbocycles. The number of rotatable bonds is 5. The molecule has 3 heteroatoms. The smallest absolute Gasteiger partial charge is 0.0881 e. The molecule has 2 aromatic carbocycles. The highest BCUT2D eigenvalue weighted by molar-refractivity contribution is 7.98. The highest BCUT2D eigenvalue weighted by atomic mass is 32.2. The average molecular weight is 287 g/mol. The molecular weight excluding hydrogens is 266 g/mol. The van der Waals surface area contributed by atoms with Crippen LogP contribution in [-0.4, -0.2) is 10.9 Å². The Morgan fingerprint density at radius 3 is 2.45 bits per heavy atom. The SMILES string of the molecule is Cc1cc(C)cc(CSCC(O)c2cccc(N)c2)c1. The third-order valence-corrected chi connectivity index (χ3v) is 4.21. The lowest BCUT2D eigenvalue weighted by Crippen LogP contribution is -2.01. The van der Waals surface area contributed by atoms with E-state index in [0.29, 0.717) is 11.4 Å². The van der Waals surface area contributed by atoms with Gasteiger partial charge in [0.15, 0.2) is 0 Å². The highest BCUT2D eigenvalue weighted by Crippen LogP contribution is 2.23. The summed E-state index contributed by atoms with van der Waals surface area (Å²) in [6.45, 7) is 4.23. The van der Waals surface area contributed by atoms with Gasteiger partial charge in [-0.1, -0.05) is 41.5 Å². The van der Waals surface area contributed by atoms with Crippen LogP contribution in [0.1, 0.15) is 28.4 Å². The van der Waals surface area contributed by atoms with Crippen LogP contribution in [0.4, 0.5) is 5.69 Å². The van der Waals surface area contributed by atoms with Crippen LogP contribution >= 0.6 is 11.8 Å². The molecule has 0 heterocycles. The number of hydrogen-bond donors (Lipinski definition) is 2. The van der Waals surface area contributed by atoms with E-state index in [1.54, 1.807) is 11.8 Å². The lowest BCUT2D eigenvalue weighted by molar-refractivity contribution is 0.204. The molecular formula is C17H21NOS. The number of thioether (sulfide) groups is 1. The van der Waals surface area contributed by atoms with Gasteiger partial charge in [0.2, 0.25) is 0 Å². The predicted molar refractivity (Wildman–Crippen MR) is 87.9 cm³/mol. The molecule has 2 nitrogen and oxygen atoms in total. The second-order valence-corrected chi connectivity index (χ2v) is 6.23. The number of aliphatic hydroxyl groups is 1. The molecule has 2 rings (SSSR count). The van der Waals surface area contributed by atoms with Crippen molar-refractivity contribution in [1.82, 2.24) is 0 Å². The Balaban J connectivity index is 1.89. The number of hydrogen-bond acceptors (Lipinski definition) is 3. The lowest BCUT2D eigenvalue weighted by Gasteiger charge is -2.11. The summed E-state index contributed by atoms with van der Waals surface area (Å²) < 4.78 is 0. The number of aliphatic hydroxyl groups excluding tert-OH is 1. The summed E-state index contributed by atoms with van der Waals surface area (Å²) in [5.41, 5.74) is 11.2. The van der Waals surface area contributed by atoms with Crippen molar-refractivity contribution in [1.29, 1.82) is 0 Å². The summed E-state index contributed by atoms with van der Waals surface area (Å²) in [4.78, 5) is 0. The number of nitrogens with two attached hydrogens (primary N) is 1. The predicted octanol–water partition coefficient (Wildman–Crippen LogP) is 3.85. The molecule has 20 heavy (non-hydrogen) atoms. The molecule has 2 aromatic rings. The van der Waals surface area contributed by atoms with E-state index in [2.05, 4.69) is 32.0 Å². The van der Waals surface area contributed by atoms with E-state index in [-0.39, 0.29) is 0 Å². The van der Waals surface area contributed by atoms with E-state index in [4.69, 9.17) is 5.73 Å². The van der Waals surface area contributed by atoms with Crippen LogP contribution in [0, 0.1) is 13.8 Å². The Kier molecular flexibility index (Phi) is 5.10. The Morgan fingerprint density at radius 1 is 1.10 bits per heavy atom. The first-order chi connectivity index (χ1) is 9.54. The normalized spacial score (nSPS) is 12.3. The van der Waals surface area contributed by atoms with Crippen LogP contribution in [0.25, 0.3) is 0 Å². The van der Waals surface area contributed by atoms with Crippen molar-refractivity contribution in [3.63, 3.8) is 0 Å². The third kappa shape index (κ3) is 4.29. The van der Waals surface area contributed by atoms with Crippen molar-refractivity contribution < 1.29 is 5.11 Å². The van der Waals surface area contributed by atoms with Gasteiger partial charge in [-0.15, -0.1) is 0 Å². The fourth-order valence-electron chi connectivity index (χ4n) is 2.30. The summed E-state index contributed by atoms with van der Waals surface area (Å²) in [6.07, 6.45) is -0.464. The number of anilines is 1. The van der Waals surface area contributed by atoms with Gasteiger partial charge in [-0.3, -0.25) is 0 Å².